The highest BCUT2D eigenvalue weighted by atomic mass is 16.1. The second-order valence-corrected chi connectivity index (χ2v) is 5.96. The number of likely N-dealkylation sites (N-methyl/N-ethyl adjacent to an activating group) is 1. The lowest BCUT2D eigenvalue weighted by atomic mass is 9.80. The molecular weight excluding hydrogens is 278 g/mol. The van der Waals surface area contributed by atoms with Crippen LogP contribution >= 0.6 is 0 Å². The Labute approximate surface area is 127 Å². The molecule has 0 saturated heterocycles. The van der Waals surface area contributed by atoms with Gasteiger partial charge in [0.2, 0.25) is 5.91 Å². The third kappa shape index (κ3) is 1.78. The van der Waals surface area contributed by atoms with Crippen molar-refractivity contribution in [1.82, 2.24) is 9.88 Å². The van der Waals surface area contributed by atoms with Gasteiger partial charge in [-0.2, -0.15) is 0 Å². The van der Waals surface area contributed by atoms with Gasteiger partial charge in [0, 0.05) is 34.6 Å². The Morgan fingerprint density at radius 1 is 1.50 bits per heavy atom. The molecule has 1 aliphatic heterocycles. The van der Waals surface area contributed by atoms with Crippen LogP contribution in [0.2, 0.25) is 0 Å². The summed E-state index contributed by atoms with van der Waals surface area (Å²) in [4.78, 5) is 20.1. The zero-order valence-corrected chi connectivity index (χ0v) is 12.2. The van der Waals surface area contributed by atoms with Crippen molar-refractivity contribution >= 4 is 22.4 Å². The SMILES string of the molecule is CN1C[C@@H](C(=O)N=[N+]=[N-])C=C2c3cccc4[nH]cc(c34)C[C@H]21. The smallest absolute Gasteiger partial charge is 0.227 e. The van der Waals surface area contributed by atoms with Crippen molar-refractivity contribution in [1.29, 1.82) is 0 Å². The van der Waals surface area contributed by atoms with Gasteiger partial charge in [0.25, 0.3) is 0 Å². The largest absolute Gasteiger partial charge is 0.361 e. The fourth-order valence-electron chi connectivity index (χ4n) is 3.72. The van der Waals surface area contributed by atoms with E-state index in [4.69, 9.17) is 5.53 Å². The molecule has 1 aromatic carbocycles. The number of H-pyrrole nitrogens is 1. The van der Waals surface area contributed by atoms with Crippen molar-refractivity contribution < 1.29 is 4.79 Å². The maximum atomic E-state index is 12.0. The van der Waals surface area contributed by atoms with Crippen LogP contribution in [0, 0.1) is 5.92 Å². The Morgan fingerprint density at radius 2 is 2.36 bits per heavy atom. The lowest BCUT2D eigenvalue weighted by Crippen LogP contribution is -2.44. The first-order chi connectivity index (χ1) is 10.7. The van der Waals surface area contributed by atoms with E-state index in [-0.39, 0.29) is 12.0 Å². The first-order valence-electron chi connectivity index (χ1n) is 7.29. The van der Waals surface area contributed by atoms with Crippen LogP contribution in [0.5, 0.6) is 0 Å². The highest BCUT2D eigenvalue weighted by Crippen LogP contribution is 2.40. The summed E-state index contributed by atoms with van der Waals surface area (Å²) in [6, 6.07) is 6.47. The van der Waals surface area contributed by atoms with E-state index in [1.54, 1.807) is 0 Å². The predicted octanol–water partition coefficient (Wildman–Crippen LogP) is 2.87. The number of azide groups is 1. The molecular formula is C16H15N5O. The number of carbonyl (C=O) groups is 1. The van der Waals surface area contributed by atoms with Crippen LogP contribution in [0.1, 0.15) is 11.1 Å². The first kappa shape index (κ1) is 13.1. The molecule has 2 aromatic rings. The number of amides is 1. The molecule has 1 N–H and O–H groups in total. The fourth-order valence-corrected chi connectivity index (χ4v) is 3.72. The van der Waals surface area contributed by atoms with Crippen molar-refractivity contribution in [3.05, 3.63) is 52.0 Å². The lowest BCUT2D eigenvalue weighted by Gasteiger charge is -2.39. The minimum Gasteiger partial charge on any atom is -0.361 e. The van der Waals surface area contributed by atoms with Crippen LogP contribution in [-0.4, -0.2) is 35.4 Å². The minimum absolute atomic E-state index is 0.268. The summed E-state index contributed by atoms with van der Waals surface area (Å²) < 4.78 is 0. The zero-order chi connectivity index (χ0) is 15.3. The second-order valence-electron chi connectivity index (χ2n) is 5.96. The molecule has 110 valence electrons. The van der Waals surface area contributed by atoms with Crippen molar-refractivity contribution in [2.75, 3.05) is 13.6 Å². The van der Waals surface area contributed by atoms with E-state index in [0.717, 1.165) is 17.5 Å². The number of carbonyl (C=O) groups excluding carboxylic acids is 1. The standard InChI is InChI=1S/C16H15N5O/c1-21-8-10(16(22)19-20-17)5-12-11-3-2-4-13-15(11)9(7-18-13)6-14(12)21/h2-5,7,10,14,18H,6,8H2,1H3/t10-,14+/m0/s1. The Kier molecular flexibility index (Phi) is 2.82. The van der Waals surface area contributed by atoms with Crippen molar-refractivity contribution in [3.63, 3.8) is 0 Å². The second kappa shape index (κ2) is 4.73. The van der Waals surface area contributed by atoms with E-state index in [9.17, 15) is 4.79 Å². The Balaban J connectivity index is 1.89. The van der Waals surface area contributed by atoms with Crippen LogP contribution in [-0.2, 0) is 11.2 Å². The Hall–Kier alpha value is -2.56. The minimum atomic E-state index is -0.410. The molecule has 2 aliphatic rings. The van der Waals surface area contributed by atoms with Gasteiger partial charge in [0.05, 0.1) is 5.92 Å². The predicted molar refractivity (Wildman–Crippen MR) is 84.0 cm³/mol. The fraction of sp³-hybridized carbons (Fsp3) is 0.312. The van der Waals surface area contributed by atoms with Gasteiger partial charge < -0.3 is 4.98 Å². The molecule has 1 amide bonds. The molecule has 1 aromatic heterocycles. The van der Waals surface area contributed by atoms with Crippen molar-refractivity contribution in [2.24, 2.45) is 11.0 Å². The molecule has 4 rings (SSSR count). The normalized spacial score (nSPS) is 23.6. The van der Waals surface area contributed by atoms with Gasteiger partial charge in [-0.05, 0) is 46.9 Å². The van der Waals surface area contributed by atoms with E-state index >= 15 is 0 Å². The molecule has 0 spiro atoms. The van der Waals surface area contributed by atoms with Gasteiger partial charge >= 0.3 is 0 Å². The highest BCUT2D eigenvalue weighted by Gasteiger charge is 2.35. The topological polar surface area (TPSA) is 84.9 Å². The summed E-state index contributed by atoms with van der Waals surface area (Å²) in [6.07, 6.45) is 5.00. The van der Waals surface area contributed by atoms with Gasteiger partial charge in [-0.3, -0.25) is 9.69 Å². The third-order valence-corrected chi connectivity index (χ3v) is 4.73. The van der Waals surface area contributed by atoms with E-state index in [2.05, 4.69) is 38.2 Å². The number of aromatic amines is 1. The average Bonchev–Trinajstić information content (AvgIpc) is 2.93. The van der Waals surface area contributed by atoms with E-state index < -0.39 is 5.91 Å². The number of aromatic nitrogens is 1. The molecule has 0 radical (unpaired) electrons. The number of rotatable bonds is 1. The lowest BCUT2D eigenvalue weighted by molar-refractivity contribution is -0.121. The molecule has 2 atom stereocenters. The van der Waals surface area contributed by atoms with Gasteiger partial charge in [-0.25, -0.2) is 0 Å². The molecule has 0 saturated carbocycles. The maximum Gasteiger partial charge on any atom is 0.227 e. The number of benzene rings is 1. The van der Waals surface area contributed by atoms with Gasteiger partial charge in [-0.15, -0.1) is 0 Å². The van der Waals surface area contributed by atoms with Crippen LogP contribution in [0.3, 0.4) is 0 Å². The molecule has 2 heterocycles. The molecule has 0 bridgehead atoms. The van der Waals surface area contributed by atoms with Crippen LogP contribution in [0.15, 0.2) is 35.6 Å². The number of hydrogen-bond acceptors (Lipinski definition) is 2. The summed E-state index contributed by atoms with van der Waals surface area (Å²) in [5, 5.41) is 4.51. The van der Waals surface area contributed by atoms with Crippen LogP contribution < -0.4 is 0 Å². The Bertz CT molecular complexity index is 859. The average molecular weight is 293 g/mol. The summed E-state index contributed by atoms with van der Waals surface area (Å²) in [5.41, 5.74) is 13.3. The van der Waals surface area contributed by atoms with E-state index in [1.807, 2.05) is 19.2 Å². The van der Waals surface area contributed by atoms with E-state index in [0.29, 0.717) is 6.54 Å². The van der Waals surface area contributed by atoms with Crippen LogP contribution in [0.4, 0.5) is 0 Å². The molecule has 22 heavy (non-hydrogen) atoms. The number of hydrogen-bond donors (Lipinski definition) is 1. The highest BCUT2D eigenvalue weighted by molar-refractivity contribution is 5.99. The zero-order valence-electron chi connectivity index (χ0n) is 12.2. The summed E-state index contributed by atoms with van der Waals surface area (Å²) >= 11 is 0. The molecule has 0 fully saturated rings. The first-order valence-corrected chi connectivity index (χ1v) is 7.29. The van der Waals surface area contributed by atoms with Crippen molar-refractivity contribution in [3.8, 4) is 0 Å². The molecule has 6 nitrogen and oxygen atoms in total. The summed E-state index contributed by atoms with van der Waals surface area (Å²) in [5.74, 6) is -0.782. The Morgan fingerprint density at radius 3 is 3.18 bits per heavy atom. The molecule has 1 aliphatic carbocycles. The monoisotopic (exact) mass is 293 g/mol. The molecule has 6 heteroatoms. The van der Waals surface area contributed by atoms with Gasteiger partial charge in [0.1, 0.15) is 0 Å². The summed E-state index contributed by atoms with van der Waals surface area (Å²) in [6.45, 7) is 0.585. The van der Waals surface area contributed by atoms with Gasteiger partial charge in [0.15, 0.2) is 0 Å². The molecule has 0 unspecified atom stereocenters. The van der Waals surface area contributed by atoms with Crippen LogP contribution in [0.25, 0.3) is 26.9 Å². The summed E-state index contributed by atoms with van der Waals surface area (Å²) in [7, 11) is 2.02. The number of nitrogens with one attached hydrogen (secondary N) is 1. The number of fused-ring (bicyclic) bond motifs is 2. The number of nitrogens with zero attached hydrogens (tertiary/aromatic N) is 4. The maximum absolute atomic E-state index is 12.0. The van der Waals surface area contributed by atoms with Crippen molar-refractivity contribution in [2.45, 2.75) is 12.5 Å². The van der Waals surface area contributed by atoms with E-state index in [1.165, 1.54) is 16.5 Å². The quantitative estimate of drug-likeness (QED) is 0.498. The third-order valence-electron chi connectivity index (χ3n) is 4.73. The van der Waals surface area contributed by atoms with Gasteiger partial charge in [-0.1, -0.05) is 18.2 Å².